The third-order valence-electron chi connectivity index (χ3n) is 3.48. The first-order valence-corrected chi connectivity index (χ1v) is 8.14. The van der Waals surface area contributed by atoms with Gasteiger partial charge in [0.1, 0.15) is 5.82 Å². The van der Waals surface area contributed by atoms with Gasteiger partial charge in [-0.2, -0.15) is 0 Å². The maximum atomic E-state index is 13.0. The minimum Gasteiger partial charge on any atom is -0.505 e. The molecule has 0 fully saturated rings. The maximum absolute atomic E-state index is 13.0. The third-order valence-corrected chi connectivity index (χ3v) is 4.05. The Morgan fingerprint density at radius 2 is 1.67 bits per heavy atom. The summed E-state index contributed by atoms with van der Waals surface area (Å²) in [4.78, 5) is 12.3. The standard InChI is InChI=1S/C18H18Cl2FNO2/c1-18(2,10-11-3-5-13(21)6-4-11)22-16(23)9-12-7-14(19)17(24)15(20)8-12/h3-8,24H,9-10H2,1-2H3,(H,22,23). The molecule has 0 saturated heterocycles. The van der Waals surface area contributed by atoms with E-state index in [0.29, 0.717) is 12.0 Å². The summed E-state index contributed by atoms with van der Waals surface area (Å²) in [6.07, 6.45) is 0.655. The first kappa shape index (κ1) is 18.6. The number of rotatable bonds is 5. The van der Waals surface area contributed by atoms with Gasteiger partial charge in [0.25, 0.3) is 0 Å². The van der Waals surface area contributed by atoms with E-state index in [1.165, 1.54) is 24.3 Å². The van der Waals surface area contributed by atoms with Crippen LogP contribution < -0.4 is 5.32 Å². The average Bonchev–Trinajstić information content (AvgIpc) is 2.46. The Morgan fingerprint density at radius 3 is 2.21 bits per heavy atom. The van der Waals surface area contributed by atoms with Crippen molar-refractivity contribution < 1.29 is 14.3 Å². The Morgan fingerprint density at radius 1 is 1.12 bits per heavy atom. The second kappa shape index (κ2) is 7.41. The molecule has 0 aliphatic carbocycles. The first-order valence-electron chi connectivity index (χ1n) is 7.38. The summed E-state index contributed by atoms with van der Waals surface area (Å²) in [6.45, 7) is 3.79. The van der Waals surface area contributed by atoms with Crippen molar-refractivity contribution in [2.45, 2.75) is 32.2 Å². The van der Waals surface area contributed by atoms with Crippen LogP contribution in [0.4, 0.5) is 4.39 Å². The normalized spacial score (nSPS) is 11.4. The fourth-order valence-corrected chi connectivity index (χ4v) is 3.02. The van der Waals surface area contributed by atoms with Gasteiger partial charge in [-0.15, -0.1) is 0 Å². The fourth-order valence-electron chi connectivity index (χ4n) is 2.48. The monoisotopic (exact) mass is 369 g/mol. The molecule has 2 aromatic rings. The SMILES string of the molecule is CC(C)(Cc1ccc(F)cc1)NC(=O)Cc1cc(Cl)c(O)c(Cl)c1. The summed E-state index contributed by atoms with van der Waals surface area (Å²) in [5, 5.41) is 12.7. The second-order valence-electron chi connectivity index (χ2n) is 6.32. The van der Waals surface area contributed by atoms with Gasteiger partial charge in [0.2, 0.25) is 5.91 Å². The highest BCUT2D eigenvalue weighted by atomic mass is 35.5. The lowest BCUT2D eigenvalue weighted by Gasteiger charge is -2.26. The van der Waals surface area contributed by atoms with Crippen LogP contribution in [-0.2, 0) is 17.6 Å². The molecule has 0 radical (unpaired) electrons. The maximum Gasteiger partial charge on any atom is 0.224 e. The molecule has 0 aromatic heterocycles. The number of carbonyl (C=O) groups excluding carboxylic acids is 1. The Bertz CT molecular complexity index is 722. The molecule has 0 atom stereocenters. The van der Waals surface area contributed by atoms with Gasteiger partial charge in [0.15, 0.2) is 5.75 Å². The minimum absolute atomic E-state index is 0.0898. The molecule has 24 heavy (non-hydrogen) atoms. The molecule has 0 aliphatic heterocycles. The van der Waals surface area contributed by atoms with Crippen LogP contribution in [0.2, 0.25) is 10.0 Å². The number of hydrogen-bond acceptors (Lipinski definition) is 2. The first-order chi connectivity index (χ1) is 11.2. The number of amides is 1. The van der Waals surface area contributed by atoms with E-state index >= 15 is 0 Å². The van der Waals surface area contributed by atoms with E-state index in [0.717, 1.165) is 5.56 Å². The van der Waals surface area contributed by atoms with Gasteiger partial charge in [-0.3, -0.25) is 4.79 Å². The number of phenolic OH excluding ortho intramolecular Hbond substituents is 1. The topological polar surface area (TPSA) is 49.3 Å². The van der Waals surface area contributed by atoms with Crippen molar-refractivity contribution in [1.82, 2.24) is 5.32 Å². The quantitative estimate of drug-likeness (QED) is 0.813. The number of phenols is 1. The van der Waals surface area contributed by atoms with E-state index < -0.39 is 5.54 Å². The van der Waals surface area contributed by atoms with Crippen LogP contribution in [0.15, 0.2) is 36.4 Å². The lowest BCUT2D eigenvalue weighted by atomic mass is 9.94. The zero-order valence-electron chi connectivity index (χ0n) is 13.4. The smallest absolute Gasteiger partial charge is 0.224 e. The van der Waals surface area contributed by atoms with Crippen molar-refractivity contribution in [2.24, 2.45) is 0 Å². The van der Waals surface area contributed by atoms with Gasteiger partial charge >= 0.3 is 0 Å². The number of carbonyl (C=O) groups is 1. The Kier molecular flexibility index (Phi) is 5.73. The largest absolute Gasteiger partial charge is 0.505 e. The molecular formula is C18H18Cl2FNO2. The molecule has 0 heterocycles. The van der Waals surface area contributed by atoms with Crippen molar-refractivity contribution in [1.29, 1.82) is 0 Å². The molecule has 6 heteroatoms. The van der Waals surface area contributed by atoms with Gasteiger partial charge in [-0.05, 0) is 55.7 Å². The molecule has 2 aromatic carbocycles. The highest BCUT2D eigenvalue weighted by molar-refractivity contribution is 6.37. The zero-order chi connectivity index (χ0) is 17.9. The van der Waals surface area contributed by atoms with E-state index in [2.05, 4.69) is 5.32 Å². The molecule has 2 N–H and O–H groups in total. The molecule has 0 saturated carbocycles. The highest BCUT2D eigenvalue weighted by Crippen LogP contribution is 2.32. The van der Waals surface area contributed by atoms with Crippen molar-refractivity contribution >= 4 is 29.1 Å². The Balaban J connectivity index is 2.01. The summed E-state index contributed by atoms with van der Waals surface area (Å²) >= 11 is 11.7. The van der Waals surface area contributed by atoms with Crippen molar-refractivity contribution in [3.8, 4) is 5.75 Å². The molecular weight excluding hydrogens is 352 g/mol. The van der Waals surface area contributed by atoms with E-state index in [1.54, 1.807) is 12.1 Å². The summed E-state index contributed by atoms with van der Waals surface area (Å²) in [5.74, 6) is -0.680. The second-order valence-corrected chi connectivity index (χ2v) is 7.13. The van der Waals surface area contributed by atoms with Gasteiger partial charge in [0.05, 0.1) is 16.5 Å². The average molecular weight is 370 g/mol. The fraction of sp³-hybridized carbons (Fsp3) is 0.278. The lowest BCUT2D eigenvalue weighted by molar-refractivity contribution is -0.122. The Hall–Kier alpha value is -1.78. The molecule has 0 unspecified atom stereocenters. The summed E-state index contributed by atoms with van der Waals surface area (Å²) < 4.78 is 13.0. The summed E-state index contributed by atoms with van der Waals surface area (Å²) in [5.41, 5.74) is 1.04. The molecule has 3 nitrogen and oxygen atoms in total. The molecule has 0 bridgehead atoms. The van der Waals surface area contributed by atoms with Crippen LogP contribution in [-0.4, -0.2) is 16.6 Å². The lowest BCUT2D eigenvalue weighted by Crippen LogP contribution is -2.45. The van der Waals surface area contributed by atoms with Crippen LogP contribution in [0, 0.1) is 5.82 Å². The number of aromatic hydroxyl groups is 1. The van der Waals surface area contributed by atoms with Gasteiger partial charge in [-0.25, -0.2) is 4.39 Å². The molecule has 2 rings (SSSR count). The van der Waals surface area contributed by atoms with E-state index in [1.807, 2.05) is 13.8 Å². The molecule has 0 spiro atoms. The molecule has 1 amide bonds. The number of benzene rings is 2. The van der Waals surface area contributed by atoms with Crippen molar-refractivity contribution in [2.75, 3.05) is 0 Å². The zero-order valence-corrected chi connectivity index (χ0v) is 14.9. The van der Waals surface area contributed by atoms with Crippen LogP contribution in [0.25, 0.3) is 0 Å². The minimum atomic E-state index is -0.501. The predicted molar refractivity (Wildman–Crippen MR) is 94.2 cm³/mol. The van der Waals surface area contributed by atoms with Gasteiger partial charge in [-0.1, -0.05) is 35.3 Å². The van der Waals surface area contributed by atoms with Crippen LogP contribution >= 0.6 is 23.2 Å². The molecule has 128 valence electrons. The van der Waals surface area contributed by atoms with E-state index in [-0.39, 0.29) is 33.9 Å². The van der Waals surface area contributed by atoms with Gasteiger partial charge in [0, 0.05) is 5.54 Å². The number of nitrogens with one attached hydrogen (secondary N) is 1. The number of halogens is 3. The summed E-state index contributed by atoms with van der Waals surface area (Å²) in [7, 11) is 0. The molecule has 0 aliphatic rings. The predicted octanol–water partition coefficient (Wildman–Crippen LogP) is 4.52. The Labute approximate surface area is 150 Å². The van der Waals surface area contributed by atoms with Gasteiger partial charge < -0.3 is 10.4 Å². The van der Waals surface area contributed by atoms with E-state index in [4.69, 9.17) is 23.2 Å². The highest BCUT2D eigenvalue weighted by Gasteiger charge is 2.21. The van der Waals surface area contributed by atoms with Crippen LogP contribution in [0.3, 0.4) is 0 Å². The number of hydrogen-bond donors (Lipinski definition) is 2. The van der Waals surface area contributed by atoms with Crippen molar-refractivity contribution in [3.63, 3.8) is 0 Å². The third kappa shape index (κ3) is 5.11. The van der Waals surface area contributed by atoms with Crippen LogP contribution in [0.5, 0.6) is 5.75 Å². The van der Waals surface area contributed by atoms with Crippen molar-refractivity contribution in [3.05, 3.63) is 63.4 Å². The van der Waals surface area contributed by atoms with E-state index in [9.17, 15) is 14.3 Å². The van der Waals surface area contributed by atoms with Crippen LogP contribution in [0.1, 0.15) is 25.0 Å². The summed E-state index contributed by atoms with van der Waals surface area (Å²) in [6, 6.07) is 9.21.